The first-order chi connectivity index (χ1) is 8.91. The summed E-state index contributed by atoms with van der Waals surface area (Å²) in [6, 6.07) is 7.22. The third-order valence-electron chi connectivity index (χ3n) is 2.53. The Balaban J connectivity index is 2.56. The molecular weight excluding hydrogens is 282 g/mol. The third-order valence-corrected chi connectivity index (χ3v) is 2.82. The van der Waals surface area contributed by atoms with Crippen LogP contribution in [0.4, 0.5) is 17.6 Å². The van der Waals surface area contributed by atoms with E-state index in [1.54, 1.807) is 0 Å². The summed E-state index contributed by atoms with van der Waals surface area (Å²) >= 11 is 5.68. The summed E-state index contributed by atoms with van der Waals surface area (Å²) in [5.41, 5.74) is -0.0325. The second kappa shape index (κ2) is 5.17. The van der Waals surface area contributed by atoms with Crippen LogP contribution in [-0.4, -0.2) is 4.98 Å². The minimum Gasteiger partial charge on any atom is -0.243 e. The lowest BCUT2D eigenvalue weighted by molar-refractivity contribution is -0.141. The maximum absolute atomic E-state index is 12.8. The minimum atomic E-state index is -4.53. The van der Waals surface area contributed by atoms with E-state index in [0.717, 1.165) is 18.2 Å². The first-order valence-electron chi connectivity index (χ1n) is 5.31. The van der Waals surface area contributed by atoms with Crippen molar-refractivity contribution in [2.24, 2.45) is 0 Å². The minimum absolute atomic E-state index is 0.0256. The van der Waals surface area contributed by atoms with Crippen LogP contribution in [0.1, 0.15) is 11.3 Å². The van der Waals surface area contributed by atoms with Crippen molar-refractivity contribution in [2.75, 3.05) is 0 Å². The Morgan fingerprint density at radius 2 is 1.63 bits per heavy atom. The van der Waals surface area contributed by atoms with Crippen LogP contribution >= 0.6 is 11.6 Å². The first-order valence-corrected chi connectivity index (χ1v) is 5.84. The largest absolute Gasteiger partial charge is 0.433 e. The van der Waals surface area contributed by atoms with Gasteiger partial charge in [0.25, 0.3) is 0 Å². The molecule has 0 saturated carbocycles. The highest BCUT2D eigenvalue weighted by Gasteiger charge is 2.33. The zero-order valence-corrected chi connectivity index (χ0v) is 10.3. The molecule has 1 nitrogen and oxygen atoms in total. The van der Waals surface area contributed by atoms with Gasteiger partial charge in [-0.05, 0) is 35.9 Å². The first kappa shape index (κ1) is 13.8. The second-order valence-electron chi connectivity index (χ2n) is 3.84. The molecule has 0 bridgehead atoms. The van der Waals surface area contributed by atoms with E-state index in [-0.39, 0.29) is 11.6 Å². The summed E-state index contributed by atoms with van der Waals surface area (Å²) in [6.45, 7) is 0. The molecule has 0 aliphatic rings. The van der Waals surface area contributed by atoms with Crippen LogP contribution in [0.15, 0.2) is 36.4 Å². The zero-order chi connectivity index (χ0) is 14.0. The SMILES string of the molecule is Fc1ccc(-c2nc(C(F)(F)F)ccc2CCl)cc1. The van der Waals surface area contributed by atoms with Crippen molar-refractivity contribution in [3.8, 4) is 11.3 Å². The summed E-state index contributed by atoms with van der Waals surface area (Å²) in [6.07, 6.45) is -4.53. The number of hydrogen-bond acceptors (Lipinski definition) is 1. The topological polar surface area (TPSA) is 12.9 Å². The lowest BCUT2D eigenvalue weighted by Gasteiger charge is -2.11. The van der Waals surface area contributed by atoms with Crippen LogP contribution in [0.5, 0.6) is 0 Å². The van der Waals surface area contributed by atoms with Gasteiger partial charge in [-0.1, -0.05) is 6.07 Å². The van der Waals surface area contributed by atoms with E-state index in [1.165, 1.54) is 18.2 Å². The molecule has 0 aliphatic carbocycles. The Labute approximate surface area is 111 Å². The molecule has 2 aromatic rings. The molecule has 1 heterocycles. The summed E-state index contributed by atoms with van der Waals surface area (Å²) in [4.78, 5) is 3.58. The summed E-state index contributed by atoms with van der Waals surface area (Å²) in [5.74, 6) is -0.444. The normalized spacial score (nSPS) is 11.6. The number of aromatic nitrogens is 1. The van der Waals surface area contributed by atoms with E-state index in [2.05, 4.69) is 4.98 Å². The van der Waals surface area contributed by atoms with Crippen LogP contribution < -0.4 is 0 Å². The Morgan fingerprint density at radius 1 is 1.00 bits per heavy atom. The predicted molar refractivity (Wildman–Crippen MR) is 64.2 cm³/mol. The third kappa shape index (κ3) is 3.04. The molecule has 0 N–H and O–H groups in total. The zero-order valence-electron chi connectivity index (χ0n) is 9.51. The quantitative estimate of drug-likeness (QED) is 0.579. The Bertz CT molecular complexity index is 578. The van der Waals surface area contributed by atoms with E-state index in [1.807, 2.05) is 0 Å². The van der Waals surface area contributed by atoms with Crippen molar-refractivity contribution in [3.05, 3.63) is 53.5 Å². The summed E-state index contributed by atoms with van der Waals surface area (Å²) in [5, 5.41) is 0. The van der Waals surface area contributed by atoms with Crippen molar-refractivity contribution in [1.82, 2.24) is 4.98 Å². The monoisotopic (exact) mass is 289 g/mol. The average molecular weight is 290 g/mol. The maximum atomic E-state index is 12.8. The predicted octanol–water partition coefficient (Wildman–Crippen LogP) is 4.65. The molecule has 0 atom stereocenters. The van der Waals surface area contributed by atoms with Gasteiger partial charge in [0.1, 0.15) is 11.5 Å². The lowest BCUT2D eigenvalue weighted by atomic mass is 10.1. The molecular formula is C13H8ClF4N. The highest BCUT2D eigenvalue weighted by molar-refractivity contribution is 6.17. The van der Waals surface area contributed by atoms with Crippen molar-refractivity contribution >= 4 is 11.6 Å². The molecule has 0 unspecified atom stereocenters. The standard InChI is InChI=1S/C13H8ClF4N/c14-7-9-3-6-11(13(16,17)18)19-12(9)8-1-4-10(15)5-2-8/h1-6H,7H2. The number of alkyl halides is 4. The molecule has 6 heteroatoms. The molecule has 100 valence electrons. The highest BCUT2D eigenvalue weighted by Crippen LogP contribution is 2.31. The molecule has 0 amide bonds. The van der Waals surface area contributed by atoms with Gasteiger partial charge in [0, 0.05) is 11.4 Å². The molecule has 19 heavy (non-hydrogen) atoms. The van der Waals surface area contributed by atoms with Gasteiger partial charge in [-0.3, -0.25) is 0 Å². The lowest BCUT2D eigenvalue weighted by Crippen LogP contribution is -2.09. The van der Waals surface area contributed by atoms with Crippen molar-refractivity contribution < 1.29 is 17.6 Å². The van der Waals surface area contributed by atoms with Crippen LogP contribution in [-0.2, 0) is 12.1 Å². The van der Waals surface area contributed by atoms with Crippen LogP contribution in [0.2, 0.25) is 0 Å². The molecule has 0 saturated heterocycles. The summed E-state index contributed by atoms with van der Waals surface area (Å²) in [7, 11) is 0. The molecule has 0 radical (unpaired) electrons. The Morgan fingerprint density at radius 3 is 2.16 bits per heavy atom. The molecule has 0 fully saturated rings. The Kier molecular flexibility index (Phi) is 3.75. The van der Waals surface area contributed by atoms with Crippen molar-refractivity contribution in [3.63, 3.8) is 0 Å². The number of pyridine rings is 1. The summed E-state index contributed by atoms with van der Waals surface area (Å²) < 4.78 is 50.7. The number of halogens is 5. The van der Waals surface area contributed by atoms with E-state index < -0.39 is 17.7 Å². The van der Waals surface area contributed by atoms with Gasteiger partial charge in [0.05, 0.1) is 5.69 Å². The second-order valence-corrected chi connectivity index (χ2v) is 4.11. The van der Waals surface area contributed by atoms with Gasteiger partial charge in [-0.25, -0.2) is 9.37 Å². The maximum Gasteiger partial charge on any atom is 0.433 e. The highest BCUT2D eigenvalue weighted by atomic mass is 35.5. The van der Waals surface area contributed by atoms with E-state index in [4.69, 9.17) is 11.6 Å². The molecule has 1 aromatic carbocycles. The smallest absolute Gasteiger partial charge is 0.243 e. The number of rotatable bonds is 2. The van der Waals surface area contributed by atoms with Crippen molar-refractivity contribution in [2.45, 2.75) is 12.1 Å². The van der Waals surface area contributed by atoms with E-state index in [0.29, 0.717) is 11.1 Å². The van der Waals surface area contributed by atoms with Crippen LogP contribution in [0, 0.1) is 5.82 Å². The fraction of sp³-hybridized carbons (Fsp3) is 0.154. The molecule has 2 rings (SSSR count). The number of hydrogen-bond donors (Lipinski definition) is 0. The van der Waals surface area contributed by atoms with E-state index in [9.17, 15) is 17.6 Å². The van der Waals surface area contributed by atoms with Gasteiger partial charge in [0.2, 0.25) is 0 Å². The molecule has 0 spiro atoms. The van der Waals surface area contributed by atoms with Crippen LogP contribution in [0.3, 0.4) is 0 Å². The number of nitrogens with zero attached hydrogens (tertiary/aromatic N) is 1. The van der Waals surface area contributed by atoms with Crippen molar-refractivity contribution in [1.29, 1.82) is 0 Å². The van der Waals surface area contributed by atoms with Gasteiger partial charge in [0.15, 0.2) is 0 Å². The molecule has 0 aliphatic heterocycles. The van der Waals surface area contributed by atoms with Gasteiger partial charge in [-0.15, -0.1) is 11.6 Å². The van der Waals surface area contributed by atoms with Gasteiger partial charge in [-0.2, -0.15) is 13.2 Å². The van der Waals surface area contributed by atoms with Gasteiger partial charge >= 0.3 is 6.18 Å². The van der Waals surface area contributed by atoms with Gasteiger partial charge < -0.3 is 0 Å². The fourth-order valence-corrected chi connectivity index (χ4v) is 1.83. The van der Waals surface area contributed by atoms with E-state index >= 15 is 0 Å². The Hall–Kier alpha value is -1.62. The average Bonchev–Trinajstić information content (AvgIpc) is 2.38. The number of benzene rings is 1. The fourth-order valence-electron chi connectivity index (χ4n) is 1.61. The molecule has 1 aromatic heterocycles. The van der Waals surface area contributed by atoms with Crippen LogP contribution in [0.25, 0.3) is 11.3 Å².